The minimum atomic E-state index is -0.815. The first-order valence-electron chi connectivity index (χ1n) is 5.98. The highest BCUT2D eigenvalue weighted by Crippen LogP contribution is 2.09. The first kappa shape index (κ1) is 14.4. The second-order valence-corrected chi connectivity index (χ2v) is 4.61. The van der Waals surface area contributed by atoms with Gasteiger partial charge in [0.1, 0.15) is 6.04 Å². The number of aliphatic carboxylic acids is 1. The van der Waals surface area contributed by atoms with Crippen LogP contribution in [-0.4, -0.2) is 29.2 Å². The third-order valence-corrected chi connectivity index (χ3v) is 2.56. The largest absolute Gasteiger partial charge is 0.481 e. The highest BCUT2D eigenvalue weighted by Gasteiger charge is 2.17. The molecule has 100 valence electrons. The first-order valence-corrected chi connectivity index (χ1v) is 5.98. The number of rotatable bonds is 7. The van der Waals surface area contributed by atoms with Crippen molar-refractivity contribution in [1.29, 1.82) is 0 Å². The van der Waals surface area contributed by atoms with Gasteiger partial charge in [-0.3, -0.25) is 4.79 Å². The van der Waals surface area contributed by atoms with Crippen molar-refractivity contribution >= 4 is 5.97 Å². The van der Waals surface area contributed by atoms with Crippen molar-refractivity contribution in [1.82, 2.24) is 10.3 Å². The Morgan fingerprint density at radius 1 is 1.50 bits per heavy atom. The lowest BCUT2D eigenvalue weighted by atomic mass is 10.0. The molecular weight excluding hydrogens is 232 g/mol. The number of carboxylic acid groups (broad SMARTS) is 1. The van der Waals surface area contributed by atoms with E-state index >= 15 is 0 Å². The van der Waals surface area contributed by atoms with Crippen LogP contribution in [0.4, 0.5) is 0 Å². The zero-order chi connectivity index (χ0) is 13.5. The molecule has 1 aromatic rings. The van der Waals surface area contributed by atoms with Crippen LogP contribution in [0.25, 0.3) is 0 Å². The molecule has 5 nitrogen and oxygen atoms in total. The molecule has 1 unspecified atom stereocenters. The highest BCUT2D eigenvalue weighted by molar-refractivity contribution is 5.73. The molecule has 0 saturated heterocycles. The highest BCUT2D eigenvalue weighted by atomic mass is 16.5. The van der Waals surface area contributed by atoms with E-state index in [1.54, 1.807) is 19.4 Å². The summed E-state index contributed by atoms with van der Waals surface area (Å²) < 4.78 is 4.96. The van der Waals surface area contributed by atoms with Crippen molar-refractivity contribution in [3.05, 3.63) is 23.9 Å². The van der Waals surface area contributed by atoms with E-state index in [1.165, 1.54) is 0 Å². The standard InChI is InChI=1S/C13H20N2O3/c1-9(2)6-11(13(16)17)14-7-10-4-5-12(18-3)15-8-10/h4-5,8-9,11,14H,6-7H2,1-3H3,(H,16,17). The Kier molecular flexibility index (Phi) is 5.58. The average Bonchev–Trinajstić information content (AvgIpc) is 2.34. The third-order valence-electron chi connectivity index (χ3n) is 2.56. The molecule has 0 saturated carbocycles. The molecule has 5 heteroatoms. The van der Waals surface area contributed by atoms with Gasteiger partial charge in [-0.1, -0.05) is 19.9 Å². The van der Waals surface area contributed by atoms with Crippen LogP contribution in [0.15, 0.2) is 18.3 Å². The Balaban J connectivity index is 2.52. The minimum Gasteiger partial charge on any atom is -0.481 e. The number of aromatic nitrogens is 1. The van der Waals surface area contributed by atoms with Crippen LogP contribution in [0.1, 0.15) is 25.8 Å². The number of pyridine rings is 1. The smallest absolute Gasteiger partial charge is 0.320 e. The van der Waals surface area contributed by atoms with Gasteiger partial charge in [-0.25, -0.2) is 4.98 Å². The summed E-state index contributed by atoms with van der Waals surface area (Å²) in [6.45, 7) is 4.50. The summed E-state index contributed by atoms with van der Waals surface area (Å²) in [4.78, 5) is 15.1. The molecule has 0 spiro atoms. The maximum atomic E-state index is 11.1. The Hall–Kier alpha value is -1.62. The quantitative estimate of drug-likeness (QED) is 0.772. The number of ether oxygens (including phenoxy) is 1. The monoisotopic (exact) mass is 252 g/mol. The fraction of sp³-hybridized carbons (Fsp3) is 0.538. The third kappa shape index (κ3) is 4.71. The van der Waals surface area contributed by atoms with Gasteiger partial charge in [-0.05, 0) is 17.9 Å². The fourth-order valence-electron chi connectivity index (χ4n) is 1.62. The molecule has 0 radical (unpaired) electrons. The molecule has 0 fully saturated rings. The Morgan fingerprint density at radius 3 is 2.67 bits per heavy atom. The molecule has 0 aromatic carbocycles. The van der Waals surface area contributed by atoms with E-state index in [-0.39, 0.29) is 0 Å². The van der Waals surface area contributed by atoms with Gasteiger partial charge in [0.15, 0.2) is 0 Å². The number of nitrogens with zero attached hydrogens (tertiary/aromatic N) is 1. The molecule has 0 bridgehead atoms. The Labute approximate surface area is 107 Å². The molecule has 1 atom stereocenters. The maximum absolute atomic E-state index is 11.1. The Morgan fingerprint density at radius 2 is 2.22 bits per heavy atom. The summed E-state index contributed by atoms with van der Waals surface area (Å²) in [5.74, 6) is 0.0773. The lowest BCUT2D eigenvalue weighted by Crippen LogP contribution is -2.37. The molecule has 0 amide bonds. The second kappa shape index (κ2) is 6.96. The summed E-state index contributed by atoms with van der Waals surface area (Å²) in [5.41, 5.74) is 0.936. The van der Waals surface area contributed by atoms with Crippen LogP contribution in [0.3, 0.4) is 0 Å². The van der Waals surface area contributed by atoms with Gasteiger partial charge in [0.25, 0.3) is 0 Å². The van der Waals surface area contributed by atoms with Crippen molar-refractivity contribution in [2.24, 2.45) is 5.92 Å². The van der Waals surface area contributed by atoms with Crippen molar-refractivity contribution in [3.8, 4) is 5.88 Å². The number of nitrogens with one attached hydrogen (secondary N) is 1. The van der Waals surface area contributed by atoms with Gasteiger partial charge in [0.2, 0.25) is 5.88 Å². The maximum Gasteiger partial charge on any atom is 0.320 e. The average molecular weight is 252 g/mol. The summed E-state index contributed by atoms with van der Waals surface area (Å²) in [5, 5.41) is 12.1. The van der Waals surface area contributed by atoms with Crippen molar-refractivity contribution in [2.45, 2.75) is 32.9 Å². The zero-order valence-electron chi connectivity index (χ0n) is 11.0. The van der Waals surface area contributed by atoms with Crippen molar-refractivity contribution in [2.75, 3.05) is 7.11 Å². The molecule has 1 aromatic heterocycles. The van der Waals surface area contributed by atoms with Gasteiger partial charge in [-0.2, -0.15) is 0 Å². The van der Waals surface area contributed by atoms with E-state index in [9.17, 15) is 4.79 Å². The number of carbonyl (C=O) groups is 1. The molecule has 1 heterocycles. The Bertz CT molecular complexity index is 376. The molecule has 0 aliphatic carbocycles. The van der Waals surface area contributed by atoms with E-state index < -0.39 is 12.0 Å². The number of methoxy groups -OCH3 is 1. The number of hydrogen-bond acceptors (Lipinski definition) is 4. The summed E-state index contributed by atoms with van der Waals surface area (Å²) >= 11 is 0. The van der Waals surface area contributed by atoms with Gasteiger partial charge >= 0.3 is 5.97 Å². The van der Waals surface area contributed by atoms with Gasteiger partial charge in [-0.15, -0.1) is 0 Å². The van der Waals surface area contributed by atoms with Crippen molar-refractivity contribution < 1.29 is 14.6 Å². The van der Waals surface area contributed by atoms with E-state index in [4.69, 9.17) is 9.84 Å². The van der Waals surface area contributed by atoms with Crippen molar-refractivity contribution in [3.63, 3.8) is 0 Å². The van der Waals surface area contributed by atoms with Crippen LogP contribution >= 0.6 is 0 Å². The predicted molar refractivity (Wildman–Crippen MR) is 68.5 cm³/mol. The van der Waals surface area contributed by atoms with Gasteiger partial charge in [0, 0.05) is 18.8 Å². The first-order chi connectivity index (χ1) is 8.52. The van der Waals surface area contributed by atoms with E-state index in [2.05, 4.69) is 10.3 Å². The molecule has 2 N–H and O–H groups in total. The number of carboxylic acids is 1. The molecule has 0 aliphatic heterocycles. The van der Waals surface area contributed by atoms with Crippen LogP contribution in [0.2, 0.25) is 0 Å². The van der Waals surface area contributed by atoms with Gasteiger partial charge in [0.05, 0.1) is 7.11 Å². The summed E-state index contributed by atoms with van der Waals surface area (Å²) in [6, 6.07) is 3.11. The fourth-order valence-corrected chi connectivity index (χ4v) is 1.62. The van der Waals surface area contributed by atoms with Crippen LogP contribution in [0, 0.1) is 5.92 Å². The van der Waals surface area contributed by atoms with E-state index in [1.807, 2.05) is 19.9 Å². The van der Waals surface area contributed by atoms with E-state index in [0.29, 0.717) is 24.8 Å². The summed E-state index contributed by atoms with van der Waals surface area (Å²) in [6.07, 6.45) is 2.29. The van der Waals surface area contributed by atoms with Crippen LogP contribution in [0.5, 0.6) is 5.88 Å². The zero-order valence-corrected chi connectivity index (χ0v) is 11.0. The second-order valence-electron chi connectivity index (χ2n) is 4.61. The van der Waals surface area contributed by atoms with Crippen LogP contribution in [-0.2, 0) is 11.3 Å². The van der Waals surface area contributed by atoms with Gasteiger partial charge < -0.3 is 15.2 Å². The summed E-state index contributed by atoms with van der Waals surface area (Å²) in [7, 11) is 1.56. The lowest BCUT2D eigenvalue weighted by Gasteiger charge is -2.16. The molecular formula is C13H20N2O3. The SMILES string of the molecule is COc1ccc(CNC(CC(C)C)C(=O)O)cn1. The predicted octanol–water partition coefficient (Wildman–Crippen LogP) is 1.68. The topological polar surface area (TPSA) is 71.5 Å². The van der Waals surface area contributed by atoms with Crippen LogP contribution < -0.4 is 10.1 Å². The normalized spacial score (nSPS) is 12.4. The molecule has 1 rings (SSSR count). The minimum absolute atomic E-state index is 0.340. The van der Waals surface area contributed by atoms with E-state index in [0.717, 1.165) is 5.56 Å². The number of hydrogen-bond donors (Lipinski definition) is 2. The molecule has 18 heavy (non-hydrogen) atoms. The lowest BCUT2D eigenvalue weighted by molar-refractivity contribution is -0.140. The molecule has 0 aliphatic rings.